The van der Waals surface area contributed by atoms with E-state index in [9.17, 15) is 19.2 Å². The molecule has 7 rings (SSSR count). The van der Waals surface area contributed by atoms with Gasteiger partial charge in [0.15, 0.2) is 6.29 Å². The number of hydrogen-bond donors (Lipinski definition) is 2. The number of unbranched alkanes of at least 4 members (excludes halogenated alkanes) is 2. The number of amides is 3. The molecule has 2 N–H and O–H groups in total. The molecule has 0 spiro atoms. The van der Waals surface area contributed by atoms with Gasteiger partial charge in [0.05, 0.1) is 18.8 Å². The van der Waals surface area contributed by atoms with Crippen molar-refractivity contribution >= 4 is 45.8 Å². The van der Waals surface area contributed by atoms with Crippen molar-refractivity contribution in [2.45, 2.75) is 51.0 Å². The smallest absolute Gasteiger partial charge is 0.255 e. The Morgan fingerprint density at radius 1 is 0.860 bits per heavy atom. The third kappa shape index (κ3) is 10.1. The SMILES string of the molecule is CN(C(=O)c1ccc(OCCCCCOCCN2CCN(CCCc3ccc(-c4ccc5c(c4)[nH]c4ccncc45)cn3)CC2)cc1C=O)C1CCC(=O)NC1=O. The van der Waals surface area contributed by atoms with Gasteiger partial charge in [0.1, 0.15) is 11.8 Å². The second kappa shape index (κ2) is 19.1. The number of carbonyl (C=O) groups excluding carboxylic acids is 4. The minimum Gasteiger partial charge on any atom is -0.494 e. The number of piperidine rings is 1. The number of nitrogens with zero attached hydrogens (tertiary/aromatic N) is 5. The monoisotopic (exact) mass is 773 g/mol. The van der Waals surface area contributed by atoms with Crippen LogP contribution in [-0.2, 0) is 20.7 Å². The number of piperazine rings is 1. The molecule has 0 radical (unpaired) electrons. The molecule has 2 aliphatic rings. The lowest BCUT2D eigenvalue weighted by Crippen LogP contribution is -2.53. The van der Waals surface area contributed by atoms with Gasteiger partial charge in [-0.05, 0) is 87.0 Å². The van der Waals surface area contributed by atoms with E-state index < -0.39 is 17.9 Å². The fourth-order valence-corrected chi connectivity index (χ4v) is 7.66. The fourth-order valence-electron chi connectivity index (χ4n) is 7.66. The summed E-state index contributed by atoms with van der Waals surface area (Å²) >= 11 is 0. The van der Waals surface area contributed by atoms with Crippen LogP contribution in [0.25, 0.3) is 32.9 Å². The number of fused-ring (bicyclic) bond motifs is 3. The maximum atomic E-state index is 13.1. The van der Waals surface area contributed by atoms with E-state index in [2.05, 4.69) is 55.4 Å². The Morgan fingerprint density at radius 2 is 1.67 bits per heavy atom. The summed E-state index contributed by atoms with van der Waals surface area (Å²) in [5.41, 5.74) is 5.99. The lowest BCUT2D eigenvalue weighted by Gasteiger charge is -2.34. The number of aryl methyl sites for hydroxylation is 1. The Kier molecular flexibility index (Phi) is 13.3. The fraction of sp³-hybridized carbons (Fsp3) is 0.409. The van der Waals surface area contributed by atoms with E-state index in [4.69, 9.17) is 14.5 Å². The maximum absolute atomic E-state index is 13.1. The molecule has 2 aromatic carbocycles. The number of pyridine rings is 2. The molecule has 13 nitrogen and oxygen atoms in total. The second-order valence-electron chi connectivity index (χ2n) is 14.9. The third-order valence-corrected chi connectivity index (χ3v) is 11.1. The van der Waals surface area contributed by atoms with Gasteiger partial charge in [0.2, 0.25) is 11.8 Å². The summed E-state index contributed by atoms with van der Waals surface area (Å²) < 4.78 is 11.8. The Balaban J connectivity index is 0.719. The molecule has 5 heterocycles. The van der Waals surface area contributed by atoms with E-state index in [0.29, 0.717) is 25.2 Å². The Labute approximate surface area is 332 Å². The van der Waals surface area contributed by atoms with Crippen molar-refractivity contribution < 1.29 is 28.7 Å². The minimum absolute atomic E-state index is 0.162. The van der Waals surface area contributed by atoms with Gasteiger partial charge < -0.3 is 24.3 Å². The number of ether oxygens (including phenoxy) is 2. The molecular formula is C44H51N7O6. The van der Waals surface area contributed by atoms with Gasteiger partial charge in [-0.2, -0.15) is 0 Å². The number of nitrogens with one attached hydrogen (secondary N) is 2. The lowest BCUT2D eigenvalue weighted by atomic mass is 10.0. The zero-order chi connectivity index (χ0) is 39.6. The maximum Gasteiger partial charge on any atom is 0.255 e. The number of aromatic amines is 1. The molecule has 57 heavy (non-hydrogen) atoms. The van der Waals surface area contributed by atoms with Crippen molar-refractivity contribution in [3.05, 3.63) is 90.0 Å². The highest BCUT2D eigenvalue weighted by atomic mass is 16.5. The molecule has 3 amide bonds. The highest BCUT2D eigenvalue weighted by Gasteiger charge is 2.33. The summed E-state index contributed by atoms with van der Waals surface area (Å²) in [6.45, 7) is 8.21. The van der Waals surface area contributed by atoms with E-state index in [1.54, 1.807) is 18.2 Å². The summed E-state index contributed by atoms with van der Waals surface area (Å²) in [5, 5.41) is 4.59. The van der Waals surface area contributed by atoms with E-state index in [1.807, 2.05) is 24.7 Å². The largest absolute Gasteiger partial charge is 0.494 e. The molecule has 0 saturated carbocycles. The molecule has 0 bridgehead atoms. The first-order chi connectivity index (χ1) is 27.9. The van der Waals surface area contributed by atoms with Crippen LogP contribution in [0.4, 0.5) is 0 Å². The Hall–Kier alpha value is -5.50. The third-order valence-electron chi connectivity index (χ3n) is 11.1. The van der Waals surface area contributed by atoms with Crippen LogP contribution in [0.5, 0.6) is 5.75 Å². The molecule has 1 atom stereocenters. The molecule has 2 aliphatic heterocycles. The number of hydrogen-bond acceptors (Lipinski definition) is 10. The van der Waals surface area contributed by atoms with Crippen LogP contribution in [0.3, 0.4) is 0 Å². The predicted molar refractivity (Wildman–Crippen MR) is 218 cm³/mol. The van der Waals surface area contributed by atoms with Gasteiger partial charge in [-0.15, -0.1) is 0 Å². The van der Waals surface area contributed by atoms with E-state index in [-0.39, 0.29) is 29.9 Å². The Morgan fingerprint density at radius 3 is 2.46 bits per heavy atom. The highest BCUT2D eigenvalue weighted by Crippen LogP contribution is 2.29. The number of imide groups is 1. The summed E-state index contributed by atoms with van der Waals surface area (Å²) in [4.78, 5) is 67.4. The topological polar surface area (TPSA) is 150 Å². The van der Waals surface area contributed by atoms with Crippen LogP contribution in [0.2, 0.25) is 0 Å². The van der Waals surface area contributed by atoms with Crippen molar-refractivity contribution in [1.29, 1.82) is 0 Å². The van der Waals surface area contributed by atoms with Gasteiger partial charge in [-0.3, -0.25) is 39.4 Å². The van der Waals surface area contributed by atoms with Crippen LogP contribution in [0.15, 0.2) is 73.2 Å². The van der Waals surface area contributed by atoms with Crippen LogP contribution >= 0.6 is 0 Å². The minimum atomic E-state index is -0.764. The van der Waals surface area contributed by atoms with Gasteiger partial charge in [-0.25, -0.2) is 0 Å². The predicted octanol–water partition coefficient (Wildman–Crippen LogP) is 5.28. The molecule has 13 heteroatoms. The van der Waals surface area contributed by atoms with Gasteiger partial charge in [-0.1, -0.05) is 18.2 Å². The second-order valence-corrected chi connectivity index (χ2v) is 14.9. The standard InChI is InChI=1S/C44H51N7O6/c1-49(41-13-14-42(53)48-43(41)54)44(55)36-12-10-35(26-33(36)30-52)57-24-4-2-3-23-56-25-22-51-20-18-50(19-21-51)17-5-6-34-9-7-32(28-46-34)31-8-11-37-38-29-45-16-15-39(38)47-40(37)27-31/h7-12,15-16,26-30,41,47H,2-6,13-14,17-25H2,1H3,(H,48,53,54). The van der Waals surface area contributed by atoms with Crippen molar-refractivity contribution in [2.24, 2.45) is 0 Å². The molecule has 2 saturated heterocycles. The van der Waals surface area contributed by atoms with Gasteiger partial charge in [0, 0.05) is 110 Å². The molecule has 2 fully saturated rings. The summed E-state index contributed by atoms with van der Waals surface area (Å²) in [6.07, 6.45) is 11.5. The van der Waals surface area contributed by atoms with Gasteiger partial charge in [0.25, 0.3) is 5.91 Å². The van der Waals surface area contributed by atoms with Crippen molar-refractivity contribution in [3.63, 3.8) is 0 Å². The first kappa shape index (κ1) is 39.7. The number of likely N-dealkylation sites (N-methyl/N-ethyl adjacent to an activating group) is 1. The number of H-pyrrole nitrogens is 1. The normalized spacial score (nSPS) is 16.5. The average molecular weight is 774 g/mol. The zero-order valence-electron chi connectivity index (χ0n) is 32.6. The molecule has 5 aromatic rings. The van der Waals surface area contributed by atoms with E-state index >= 15 is 0 Å². The summed E-state index contributed by atoms with van der Waals surface area (Å²) in [6, 6.07) is 16.8. The van der Waals surface area contributed by atoms with Crippen molar-refractivity contribution in [3.8, 4) is 16.9 Å². The van der Waals surface area contributed by atoms with Crippen molar-refractivity contribution in [2.75, 3.05) is 66.1 Å². The first-order valence-corrected chi connectivity index (χ1v) is 20.0. The number of aldehydes is 1. The van der Waals surface area contributed by atoms with E-state index in [0.717, 1.165) is 111 Å². The number of benzene rings is 2. The van der Waals surface area contributed by atoms with Crippen molar-refractivity contribution in [1.82, 2.24) is 35.0 Å². The van der Waals surface area contributed by atoms with Crippen LogP contribution in [0, 0.1) is 0 Å². The molecule has 298 valence electrons. The quantitative estimate of drug-likeness (QED) is 0.0684. The number of rotatable bonds is 18. The molecule has 3 aromatic heterocycles. The molecular weight excluding hydrogens is 723 g/mol. The van der Waals surface area contributed by atoms with Crippen LogP contribution in [-0.4, -0.2) is 126 Å². The number of carbonyl (C=O) groups is 4. The molecule has 1 unspecified atom stereocenters. The summed E-state index contributed by atoms with van der Waals surface area (Å²) in [5.74, 6) is -0.816. The first-order valence-electron chi connectivity index (χ1n) is 20.0. The zero-order valence-corrected chi connectivity index (χ0v) is 32.6. The lowest BCUT2D eigenvalue weighted by molar-refractivity contribution is -0.136. The Bertz CT molecular complexity index is 2180. The van der Waals surface area contributed by atoms with Gasteiger partial charge >= 0.3 is 0 Å². The molecule has 0 aliphatic carbocycles. The van der Waals surface area contributed by atoms with Crippen LogP contribution < -0.4 is 10.1 Å². The highest BCUT2D eigenvalue weighted by molar-refractivity contribution is 6.08. The average Bonchev–Trinajstić information content (AvgIpc) is 3.61. The number of aromatic nitrogens is 3. The van der Waals surface area contributed by atoms with Crippen LogP contribution in [0.1, 0.15) is 64.9 Å². The van der Waals surface area contributed by atoms with E-state index in [1.165, 1.54) is 17.3 Å². The summed E-state index contributed by atoms with van der Waals surface area (Å²) in [7, 11) is 1.50.